The van der Waals surface area contributed by atoms with Gasteiger partial charge in [0, 0.05) is 17.7 Å². The molecule has 0 radical (unpaired) electrons. The number of ether oxygens (including phenoxy) is 1. The van der Waals surface area contributed by atoms with Gasteiger partial charge in [-0.15, -0.1) is 11.8 Å². The summed E-state index contributed by atoms with van der Waals surface area (Å²) in [5.41, 5.74) is 3.07. The third-order valence-corrected chi connectivity index (χ3v) is 6.30. The number of thiazole rings is 1. The number of nitrogens with one attached hydrogen (secondary N) is 1. The number of anilines is 1. The van der Waals surface area contributed by atoms with Gasteiger partial charge in [0.2, 0.25) is 5.91 Å². The maximum Gasteiger partial charge on any atom is 0.338 e. The lowest BCUT2D eigenvalue weighted by atomic mass is 10.1. The van der Waals surface area contributed by atoms with Gasteiger partial charge in [-0.2, -0.15) is 0 Å². The molecule has 2 heterocycles. The third-order valence-electron chi connectivity index (χ3n) is 4.44. The number of hydrogen-bond donors (Lipinski definition) is 1. The van der Waals surface area contributed by atoms with Crippen molar-refractivity contribution in [2.75, 3.05) is 17.7 Å². The zero-order valence-electron chi connectivity index (χ0n) is 17.3. The number of hydrogen-bond acceptors (Lipinski definition) is 8. The van der Waals surface area contributed by atoms with Crippen molar-refractivity contribution in [3.63, 3.8) is 0 Å². The van der Waals surface area contributed by atoms with Gasteiger partial charge in [0.15, 0.2) is 5.13 Å². The minimum Gasteiger partial charge on any atom is -0.462 e. The molecule has 0 unspecified atom stereocenters. The first kappa shape index (κ1) is 21.9. The normalized spacial score (nSPS) is 10.8. The second kappa shape index (κ2) is 10.3. The number of rotatable bonds is 8. The van der Waals surface area contributed by atoms with Crippen LogP contribution in [0.2, 0.25) is 0 Å². The zero-order valence-corrected chi connectivity index (χ0v) is 18.9. The fraction of sp³-hybridized carbons (Fsp3) is 0.174. The fourth-order valence-corrected chi connectivity index (χ4v) is 4.67. The van der Waals surface area contributed by atoms with Gasteiger partial charge in [-0.25, -0.2) is 19.7 Å². The molecule has 0 fully saturated rings. The second-order valence-electron chi connectivity index (χ2n) is 6.68. The molecule has 9 heteroatoms. The van der Waals surface area contributed by atoms with E-state index in [9.17, 15) is 9.59 Å². The number of fused-ring (bicyclic) bond motifs is 1. The Morgan fingerprint density at radius 2 is 1.94 bits per heavy atom. The van der Waals surface area contributed by atoms with Crippen LogP contribution < -0.4 is 5.32 Å². The van der Waals surface area contributed by atoms with Gasteiger partial charge in [-0.1, -0.05) is 41.7 Å². The van der Waals surface area contributed by atoms with E-state index in [4.69, 9.17) is 4.74 Å². The standard InChI is InChI=1S/C23H20N4O3S2/c1-2-30-22(29)16-8-9-17-19(12-16)32-23(26-17)27-20(28)10-11-31-21-13-18(24-14-25-21)15-6-4-3-5-7-15/h3-9,12-14H,2,10-11H2,1H3,(H,26,27,28). The predicted molar refractivity (Wildman–Crippen MR) is 127 cm³/mol. The highest BCUT2D eigenvalue weighted by Gasteiger charge is 2.12. The van der Waals surface area contributed by atoms with Crippen molar-refractivity contribution in [3.05, 3.63) is 66.5 Å². The summed E-state index contributed by atoms with van der Waals surface area (Å²) in [5.74, 6) is 0.0830. The molecule has 32 heavy (non-hydrogen) atoms. The van der Waals surface area contributed by atoms with Gasteiger partial charge in [0.1, 0.15) is 6.33 Å². The van der Waals surface area contributed by atoms with E-state index < -0.39 is 0 Å². The minimum atomic E-state index is -0.370. The number of nitrogens with zero attached hydrogens (tertiary/aromatic N) is 3. The number of thioether (sulfide) groups is 1. The molecule has 0 spiro atoms. The van der Waals surface area contributed by atoms with E-state index in [0.29, 0.717) is 29.5 Å². The van der Waals surface area contributed by atoms with Crippen molar-refractivity contribution >= 4 is 50.3 Å². The summed E-state index contributed by atoms with van der Waals surface area (Å²) in [4.78, 5) is 37.3. The Kier molecular flexibility index (Phi) is 7.08. The quantitative estimate of drug-likeness (QED) is 0.221. The van der Waals surface area contributed by atoms with Gasteiger partial charge in [-0.3, -0.25) is 4.79 Å². The van der Waals surface area contributed by atoms with Crippen molar-refractivity contribution in [2.24, 2.45) is 0 Å². The van der Waals surface area contributed by atoms with Crippen LogP contribution in [0.25, 0.3) is 21.5 Å². The molecule has 1 amide bonds. The SMILES string of the molecule is CCOC(=O)c1ccc2nc(NC(=O)CCSc3cc(-c4ccccc4)ncn3)sc2c1. The molecule has 0 bridgehead atoms. The van der Waals surface area contributed by atoms with E-state index in [1.807, 2.05) is 36.4 Å². The van der Waals surface area contributed by atoms with Gasteiger partial charge in [0.25, 0.3) is 0 Å². The van der Waals surface area contributed by atoms with Crippen LogP contribution in [0, 0.1) is 0 Å². The summed E-state index contributed by atoms with van der Waals surface area (Å²) < 4.78 is 5.84. The Morgan fingerprint density at radius 3 is 2.75 bits per heavy atom. The smallest absolute Gasteiger partial charge is 0.338 e. The summed E-state index contributed by atoms with van der Waals surface area (Å²) in [7, 11) is 0. The average Bonchev–Trinajstić information content (AvgIpc) is 3.21. The predicted octanol–water partition coefficient (Wildman–Crippen LogP) is 5.05. The Morgan fingerprint density at radius 1 is 1.09 bits per heavy atom. The maximum atomic E-state index is 12.4. The summed E-state index contributed by atoms with van der Waals surface area (Å²) in [5, 5.41) is 4.16. The lowest BCUT2D eigenvalue weighted by Gasteiger charge is -2.04. The van der Waals surface area contributed by atoms with Crippen LogP contribution >= 0.6 is 23.1 Å². The highest BCUT2D eigenvalue weighted by molar-refractivity contribution is 7.99. The number of amides is 1. The van der Waals surface area contributed by atoms with Crippen LogP contribution in [-0.2, 0) is 9.53 Å². The van der Waals surface area contributed by atoms with Crippen molar-refractivity contribution in [2.45, 2.75) is 18.4 Å². The first-order valence-corrected chi connectivity index (χ1v) is 11.8. The largest absolute Gasteiger partial charge is 0.462 e. The van der Waals surface area contributed by atoms with Crippen LogP contribution in [0.4, 0.5) is 5.13 Å². The van der Waals surface area contributed by atoms with E-state index in [-0.39, 0.29) is 11.9 Å². The fourth-order valence-electron chi connectivity index (χ4n) is 2.93. The van der Waals surface area contributed by atoms with Gasteiger partial charge < -0.3 is 10.1 Å². The van der Waals surface area contributed by atoms with E-state index in [1.165, 1.54) is 29.4 Å². The van der Waals surface area contributed by atoms with Crippen LogP contribution in [0.3, 0.4) is 0 Å². The lowest BCUT2D eigenvalue weighted by Crippen LogP contribution is -2.11. The number of esters is 1. The summed E-state index contributed by atoms with van der Waals surface area (Å²) in [6, 6.07) is 17.0. The van der Waals surface area contributed by atoms with Gasteiger partial charge >= 0.3 is 5.97 Å². The summed E-state index contributed by atoms with van der Waals surface area (Å²) in [6.07, 6.45) is 1.86. The molecule has 2 aromatic heterocycles. The van der Waals surface area contributed by atoms with E-state index in [0.717, 1.165) is 26.5 Å². The Balaban J connectivity index is 1.32. The molecule has 4 aromatic rings. The van der Waals surface area contributed by atoms with Crippen molar-refractivity contribution in [1.29, 1.82) is 0 Å². The van der Waals surface area contributed by atoms with Gasteiger partial charge in [-0.05, 0) is 31.2 Å². The number of carbonyl (C=O) groups is 2. The van der Waals surface area contributed by atoms with Crippen molar-refractivity contribution < 1.29 is 14.3 Å². The molecular formula is C23H20N4O3S2. The molecule has 1 N–H and O–H groups in total. The lowest BCUT2D eigenvalue weighted by molar-refractivity contribution is -0.115. The Hall–Kier alpha value is -3.30. The molecule has 2 aromatic carbocycles. The number of benzene rings is 2. The first-order valence-electron chi connectivity index (χ1n) is 10.00. The van der Waals surface area contributed by atoms with E-state index >= 15 is 0 Å². The highest BCUT2D eigenvalue weighted by Crippen LogP contribution is 2.27. The van der Waals surface area contributed by atoms with Crippen LogP contribution in [-0.4, -0.2) is 39.2 Å². The number of carbonyl (C=O) groups excluding carboxylic acids is 2. The van der Waals surface area contributed by atoms with Crippen LogP contribution in [0.1, 0.15) is 23.7 Å². The molecular weight excluding hydrogens is 444 g/mol. The molecule has 4 rings (SSSR count). The van der Waals surface area contributed by atoms with Crippen LogP contribution in [0.5, 0.6) is 0 Å². The molecule has 0 aliphatic carbocycles. The Bertz CT molecular complexity index is 1240. The zero-order chi connectivity index (χ0) is 22.3. The topological polar surface area (TPSA) is 94.1 Å². The maximum absolute atomic E-state index is 12.4. The molecule has 0 aliphatic rings. The summed E-state index contributed by atoms with van der Waals surface area (Å²) in [6.45, 7) is 2.09. The van der Waals surface area contributed by atoms with E-state index in [1.54, 1.807) is 25.1 Å². The number of aromatic nitrogens is 3. The molecule has 0 saturated heterocycles. The molecule has 7 nitrogen and oxygen atoms in total. The first-order chi connectivity index (χ1) is 15.6. The molecule has 0 atom stereocenters. The third kappa shape index (κ3) is 5.49. The summed E-state index contributed by atoms with van der Waals surface area (Å²) >= 11 is 2.83. The molecule has 162 valence electrons. The van der Waals surface area contributed by atoms with E-state index in [2.05, 4.69) is 20.3 Å². The minimum absolute atomic E-state index is 0.125. The molecule has 0 aliphatic heterocycles. The van der Waals surface area contributed by atoms with Gasteiger partial charge in [0.05, 0.1) is 33.1 Å². The average molecular weight is 465 g/mol. The monoisotopic (exact) mass is 464 g/mol. The second-order valence-corrected chi connectivity index (χ2v) is 8.82. The highest BCUT2D eigenvalue weighted by atomic mass is 32.2. The molecule has 0 saturated carbocycles. The van der Waals surface area contributed by atoms with Crippen molar-refractivity contribution in [3.8, 4) is 11.3 Å². The van der Waals surface area contributed by atoms with Crippen molar-refractivity contribution in [1.82, 2.24) is 15.0 Å². The Labute approximate surface area is 193 Å². The van der Waals surface area contributed by atoms with Crippen LogP contribution in [0.15, 0.2) is 66.0 Å².